The number of hydrogen-bond donors (Lipinski definition) is 3. The number of aliphatic hydroxyl groups is 1. The highest BCUT2D eigenvalue weighted by molar-refractivity contribution is 5.84. The summed E-state index contributed by atoms with van der Waals surface area (Å²) < 4.78 is 14.4. The van der Waals surface area contributed by atoms with Gasteiger partial charge in [0.25, 0.3) is 5.56 Å². The van der Waals surface area contributed by atoms with Gasteiger partial charge in [0, 0.05) is 11.8 Å². The van der Waals surface area contributed by atoms with Crippen molar-refractivity contribution in [1.29, 1.82) is 0 Å². The molecule has 2 rings (SSSR count). The third-order valence-electron chi connectivity index (χ3n) is 5.03. The lowest BCUT2D eigenvalue weighted by molar-refractivity contribution is -0.138. The second-order valence-corrected chi connectivity index (χ2v) is 7.23. The van der Waals surface area contributed by atoms with Crippen LogP contribution in [0.3, 0.4) is 0 Å². The molecule has 1 aromatic carbocycles. The third kappa shape index (κ3) is 5.76. The summed E-state index contributed by atoms with van der Waals surface area (Å²) in [5.74, 6) is -2.75. The maximum atomic E-state index is 13.1. The summed E-state index contributed by atoms with van der Waals surface area (Å²) in [5, 5.41) is 21.1. The van der Waals surface area contributed by atoms with E-state index >= 15 is 0 Å². The van der Waals surface area contributed by atoms with E-state index in [9.17, 15) is 23.9 Å². The zero-order valence-electron chi connectivity index (χ0n) is 17.0. The van der Waals surface area contributed by atoms with Gasteiger partial charge in [0.2, 0.25) is 5.91 Å². The predicted octanol–water partition coefficient (Wildman–Crippen LogP) is 1.99. The van der Waals surface area contributed by atoms with Crippen molar-refractivity contribution in [2.45, 2.75) is 51.3 Å². The Bertz CT molecular complexity index is 929. The number of alkyl halides is 1. The molecular weight excluding hydrogens is 391 g/mol. The van der Waals surface area contributed by atoms with Gasteiger partial charge in [0.15, 0.2) is 0 Å². The minimum Gasteiger partial charge on any atom is -0.481 e. The molecule has 0 aliphatic heterocycles. The Kier molecular flexibility index (Phi) is 8.29. The Balaban J connectivity index is 2.34. The van der Waals surface area contributed by atoms with Crippen molar-refractivity contribution in [3.8, 4) is 0 Å². The zero-order valence-corrected chi connectivity index (χ0v) is 17.0. The smallest absolute Gasteiger partial charge is 0.305 e. The number of carbonyl (C=O) groups excluding carboxylic acids is 1. The van der Waals surface area contributed by atoms with E-state index in [-0.39, 0.29) is 12.0 Å². The van der Waals surface area contributed by atoms with Gasteiger partial charge in [-0.25, -0.2) is 4.39 Å². The normalized spacial score (nSPS) is 14.0. The van der Waals surface area contributed by atoms with Crippen molar-refractivity contribution in [3.05, 3.63) is 69.6 Å². The highest BCUT2D eigenvalue weighted by Gasteiger charge is 2.30. The van der Waals surface area contributed by atoms with Gasteiger partial charge in [-0.3, -0.25) is 14.4 Å². The number of nitrogens with zero attached hydrogens (tertiary/aromatic N) is 1. The Morgan fingerprint density at radius 1 is 1.20 bits per heavy atom. The number of benzene rings is 1. The van der Waals surface area contributed by atoms with Crippen LogP contribution < -0.4 is 10.9 Å². The molecule has 3 N–H and O–H groups in total. The fourth-order valence-electron chi connectivity index (χ4n) is 3.39. The van der Waals surface area contributed by atoms with E-state index in [0.717, 1.165) is 5.56 Å². The number of hydrogen-bond acceptors (Lipinski definition) is 4. The molecule has 1 amide bonds. The maximum Gasteiger partial charge on any atom is 0.305 e. The van der Waals surface area contributed by atoms with E-state index in [0.29, 0.717) is 17.7 Å². The van der Waals surface area contributed by atoms with Gasteiger partial charge in [-0.1, -0.05) is 37.3 Å². The first-order valence-electron chi connectivity index (χ1n) is 9.78. The molecule has 30 heavy (non-hydrogen) atoms. The van der Waals surface area contributed by atoms with Crippen LogP contribution >= 0.6 is 0 Å². The van der Waals surface area contributed by atoms with E-state index in [2.05, 4.69) is 5.32 Å². The topological polar surface area (TPSA) is 109 Å². The molecule has 0 aliphatic carbocycles. The molecule has 0 spiro atoms. The summed E-state index contributed by atoms with van der Waals surface area (Å²) in [4.78, 5) is 37.0. The highest BCUT2D eigenvalue weighted by atomic mass is 19.1. The second-order valence-electron chi connectivity index (χ2n) is 7.23. The first-order chi connectivity index (χ1) is 14.3. The Labute approximate surface area is 174 Å². The molecule has 1 heterocycles. The monoisotopic (exact) mass is 418 g/mol. The molecule has 0 saturated heterocycles. The Hall–Kier alpha value is -3.00. The highest BCUT2D eigenvalue weighted by Crippen LogP contribution is 2.21. The lowest BCUT2D eigenvalue weighted by Gasteiger charge is -2.24. The summed E-state index contributed by atoms with van der Waals surface area (Å²) in [7, 11) is 0. The van der Waals surface area contributed by atoms with Crippen molar-refractivity contribution < 1.29 is 24.2 Å². The molecule has 8 heteroatoms. The summed E-state index contributed by atoms with van der Waals surface area (Å²) in [6.45, 7) is 2.61. The van der Waals surface area contributed by atoms with Crippen LogP contribution in [-0.2, 0) is 16.1 Å². The van der Waals surface area contributed by atoms with Gasteiger partial charge in [-0.2, -0.15) is 0 Å². The fraction of sp³-hybridized carbons (Fsp3) is 0.409. The van der Waals surface area contributed by atoms with E-state index in [1.165, 1.54) is 4.57 Å². The average molecular weight is 418 g/mol. The number of carboxylic acid groups (broad SMARTS) is 1. The summed E-state index contributed by atoms with van der Waals surface area (Å²) >= 11 is 0. The zero-order chi connectivity index (χ0) is 22.3. The van der Waals surface area contributed by atoms with Crippen LogP contribution in [0.1, 0.15) is 42.4 Å². The number of aryl methyl sites for hydroxylation is 1. The lowest BCUT2D eigenvalue weighted by Crippen LogP contribution is -2.48. The number of pyridine rings is 1. The second kappa shape index (κ2) is 10.7. The van der Waals surface area contributed by atoms with Crippen molar-refractivity contribution in [2.75, 3.05) is 6.67 Å². The number of aliphatic hydroxyl groups excluding tert-OH is 1. The molecular formula is C22H27FN2O5. The van der Waals surface area contributed by atoms with E-state index in [1.54, 1.807) is 26.1 Å². The van der Waals surface area contributed by atoms with Crippen LogP contribution in [0.15, 0.2) is 47.4 Å². The molecule has 7 nitrogen and oxygen atoms in total. The van der Waals surface area contributed by atoms with E-state index in [1.807, 2.05) is 30.3 Å². The van der Waals surface area contributed by atoms with Crippen molar-refractivity contribution in [2.24, 2.45) is 0 Å². The minimum absolute atomic E-state index is 0.281. The quantitative estimate of drug-likeness (QED) is 0.547. The van der Waals surface area contributed by atoms with Gasteiger partial charge in [-0.15, -0.1) is 0 Å². The molecule has 3 unspecified atom stereocenters. The molecule has 0 saturated carbocycles. The van der Waals surface area contributed by atoms with Gasteiger partial charge < -0.3 is 20.1 Å². The van der Waals surface area contributed by atoms with Gasteiger partial charge in [0.1, 0.15) is 12.8 Å². The average Bonchev–Trinajstić information content (AvgIpc) is 2.72. The van der Waals surface area contributed by atoms with Crippen molar-refractivity contribution in [1.82, 2.24) is 9.88 Å². The molecule has 0 fully saturated rings. The van der Waals surface area contributed by atoms with Gasteiger partial charge in [-0.05, 0) is 30.5 Å². The summed E-state index contributed by atoms with van der Waals surface area (Å²) in [5.41, 5.74) is 1.55. The van der Waals surface area contributed by atoms with Crippen LogP contribution in [0.2, 0.25) is 0 Å². The first-order valence-corrected chi connectivity index (χ1v) is 9.78. The number of rotatable bonds is 10. The van der Waals surface area contributed by atoms with Crippen molar-refractivity contribution in [3.63, 3.8) is 0 Å². The molecule has 162 valence electrons. The first kappa shape index (κ1) is 23.3. The molecule has 0 radical (unpaired) electrons. The predicted molar refractivity (Wildman–Crippen MR) is 110 cm³/mol. The number of amides is 1. The number of aliphatic carboxylic acids is 1. The Morgan fingerprint density at radius 3 is 2.43 bits per heavy atom. The molecule has 3 atom stereocenters. The van der Waals surface area contributed by atoms with Crippen LogP contribution in [0.5, 0.6) is 0 Å². The van der Waals surface area contributed by atoms with Gasteiger partial charge >= 0.3 is 5.97 Å². The largest absolute Gasteiger partial charge is 0.481 e. The standard InChI is InChI=1S/C22H27FN2O5/c1-3-16(21(29)24-17(11-19(27)28)18(26)12-23)20-14(2)9-10-25(22(20)30)13-15-7-5-4-6-8-15/h4-10,16-18,26H,3,11-13H2,1-2H3,(H,24,29)(H,27,28). The summed E-state index contributed by atoms with van der Waals surface area (Å²) in [6.07, 6.45) is -0.324. The van der Waals surface area contributed by atoms with E-state index < -0.39 is 43.0 Å². The van der Waals surface area contributed by atoms with Gasteiger partial charge in [0.05, 0.1) is 24.9 Å². The fourth-order valence-corrected chi connectivity index (χ4v) is 3.39. The number of nitrogens with one attached hydrogen (secondary N) is 1. The summed E-state index contributed by atoms with van der Waals surface area (Å²) in [6, 6.07) is 9.87. The van der Waals surface area contributed by atoms with Crippen LogP contribution in [-0.4, -0.2) is 45.5 Å². The maximum absolute atomic E-state index is 13.1. The minimum atomic E-state index is -1.64. The molecule has 2 aromatic rings. The SMILES string of the molecule is CCC(C(=O)NC(CC(=O)O)C(O)CF)c1c(C)ccn(Cc2ccccc2)c1=O. The van der Waals surface area contributed by atoms with Crippen LogP contribution in [0, 0.1) is 6.92 Å². The number of halogens is 1. The number of carbonyl (C=O) groups is 2. The van der Waals surface area contributed by atoms with Crippen LogP contribution in [0.25, 0.3) is 0 Å². The van der Waals surface area contributed by atoms with Crippen molar-refractivity contribution >= 4 is 11.9 Å². The lowest BCUT2D eigenvalue weighted by atomic mass is 9.92. The van der Waals surface area contributed by atoms with Crippen LogP contribution in [0.4, 0.5) is 4.39 Å². The molecule has 0 bridgehead atoms. The third-order valence-corrected chi connectivity index (χ3v) is 5.03. The number of carboxylic acids is 1. The Morgan fingerprint density at radius 2 is 1.87 bits per heavy atom. The molecule has 0 aliphatic rings. The van der Waals surface area contributed by atoms with E-state index in [4.69, 9.17) is 5.11 Å². The number of aromatic nitrogens is 1. The molecule has 1 aromatic heterocycles.